The molecule has 1 aliphatic heterocycles. The minimum atomic E-state index is -4.05. The lowest BCUT2D eigenvalue weighted by Crippen LogP contribution is -2.37. The molecule has 0 saturated heterocycles. The molecule has 10 nitrogen and oxygen atoms in total. The summed E-state index contributed by atoms with van der Waals surface area (Å²) < 4.78 is 39.8. The average molecular weight is 658 g/mol. The molecular formula is C30H33BrN4O6S. The van der Waals surface area contributed by atoms with E-state index in [1.807, 2.05) is 48.9 Å². The summed E-state index contributed by atoms with van der Waals surface area (Å²) >= 11 is 3.47. The predicted molar refractivity (Wildman–Crippen MR) is 162 cm³/mol. The standard InChI is InChI=1S/C30H33BrN4O6S/c1-4-40-29(37)16-26(25-9-10-27-30(20(25)3)32-33-35(27)13-5-12-31)21-7-6-19(2)22(14-21)17-34-18-23-15-24(36)8-11-28(23)41-42(34,38)39/h6-11,14-15,26,36H,4-5,12-13,16-18H2,1-3H3. The Morgan fingerprint density at radius 3 is 2.74 bits per heavy atom. The maximum Gasteiger partial charge on any atom is 0.385 e. The summed E-state index contributed by atoms with van der Waals surface area (Å²) in [5, 5.41) is 19.6. The second-order valence-electron chi connectivity index (χ2n) is 10.4. The minimum absolute atomic E-state index is 0.0343. The highest BCUT2D eigenvalue weighted by atomic mass is 79.9. The number of esters is 1. The van der Waals surface area contributed by atoms with E-state index < -0.39 is 10.3 Å². The largest absolute Gasteiger partial charge is 0.508 e. The van der Waals surface area contributed by atoms with Crippen molar-refractivity contribution in [3.63, 3.8) is 0 Å². The van der Waals surface area contributed by atoms with Crippen molar-refractivity contribution >= 4 is 43.2 Å². The van der Waals surface area contributed by atoms with Crippen molar-refractivity contribution in [1.29, 1.82) is 0 Å². The van der Waals surface area contributed by atoms with Gasteiger partial charge >= 0.3 is 16.3 Å². The van der Waals surface area contributed by atoms with Crippen molar-refractivity contribution in [1.82, 2.24) is 19.3 Å². The molecule has 0 aliphatic carbocycles. The number of benzene rings is 3. The maximum absolute atomic E-state index is 13.0. The van der Waals surface area contributed by atoms with E-state index in [2.05, 4.69) is 26.2 Å². The molecular weight excluding hydrogens is 624 g/mol. The first kappa shape index (κ1) is 30.0. The zero-order valence-electron chi connectivity index (χ0n) is 23.7. The van der Waals surface area contributed by atoms with Crippen molar-refractivity contribution in [3.8, 4) is 11.5 Å². The van der Waals surface area contributed by atoms with Crippen molar-refractivity contribution in [2.75, 3.05) is 11.9 Å². The fourth-order valence-corrected chi connectivity index (χ4v) is 6.68. The number of aromatic hydroxyl groups is 1. The Morgan fingerprint density at radius 1 is 1.17 bits per heavy atom. The summed E-state index contributed by atoms with van der Waals surface area (Å²) in [6, 6.07) is 14.2. The highest BCUT2D eigenvalue weighted by Gasteiger charge is 2.32. The minimum Gasteiger partial charge on any atom is -0.508 e. The normalized spacial score (nSPS) is 15.2. The van der Waals surface area contributed by atoms with Crippen LogP contribution in [-0.4, -0.2) is 50.7 Å². The molecule has 0 fully saturated rings. The van der Waals surface area contributed by atoms with E-state index in [1.165, 1.54) is 22.5 Å². The van der Waals surface area contributed by atoms with E-state index in [1.54, 1.807) is 6.92 Å². The van der Waals surface area contributed by atoms with Crippen LogP contribution in [0.3, 0.4) is 0 Å². The molecule has 3 aromatic carbocycles. The Bertz CT molecular complexity index is 1740. The molecule has 1 unspecified atom stereocenters. The fourth-order valence-electron chi connectivity index (χ4n) is 5.34. The van der Waals surface area contributed by atoms with Crippen LogP contribution in [0.5, 0.6) is 11.5 Å². The molecule has 5 rings (SSSR count). The van der Waals surface area contributed by atoms with Crippen LogP contribution in [0.1, 0.15) is 59.1 Å². The third-order valence-corrected chi connectivity index (χ3v) is 9.40. The number of phenolic OH excluding ortho intramolecular Hbond substituents is 1. The Kier molecular flexibility index (Phi) is 8.86. The molecule has 0 saturated carbocycles. The van der Waals surface area contributed by atoms with Gasteiger partial charge in [0.25, 0.3) is 0 Å². The lowest BCUT2D eigenvalue weighted by Gasteiger charge is -2.28. The summed E-state index contributed by atoms with van der Waals surface area (Å²) in [5.41, 5.74) is 6.66. The number of nitrogens with zero attached hydrogens (tertiary/aromatic N) is 4. The summed E-state index contributed by atoms with van der Waals surface area (Å²) in [7, 11) is -4.05. The number of halogens is 1. The molecule has 0 radical (unpaired) electrons. The second-order valence-corrected chi connectivity index (χ2v) is 12.7. The van der Waals surface area contributed by atoms with Crippen LogP contribution in [0.4, 0.5) is 0 Å². The number of hydrogen-bond donors (Lipinski definition) is 1. The zero-order valence-corrected chi connectivity index (χ0v) is 26.1. The fraction of sp³-hybridized carbons (Fsp3) is 0.367. The number of carbonyl (C=O) groups excluding carboxylic acids is 1. The second kappa shape index (κ2) is 12.4. The van der Waals surface area contributed by atoms with Gasteiger partial charge in [-0.05, 0) is 79.3 Å². The van der Waals surface area contributed by atoms with Gasteiger partial charge in [-0.25, -0.2) is 4.68 Å². The summed E-state index contributed by atoms with van der Waals surface area (Å²) in [4.78, 5) is 12.8. The Morgan fingerprint density at radius 2 is 1.98 bits per heavy atom. The molecule has 4 aromatic rings. The number of aryl methyl sites for hydroxylation is 3. The average Bonchev–Trinajstić information content (AvgIpc) is 3.36. The Labute approximate surface area is 253 Å². The van der Waals surface area contributed by atoms with Gasteiger partial charge in [-0.15, -0.1) is 5.10 Å². The molecule has 42 heavy (non-hydrogen) atoms. The molecule has 0 bridgehead atoms. The highest BCUT2D eigenvalue weighted by Crippen LogP contribution is 2.36. The molecule has 0 amide bonds. The molecule has 0 spiro atoms. The van der Waals surface area contributed by atoms with Crippen molar-refractivity contribution < 1.29 is 27.2 Å². The van der Waals surface area contributed by atoms with Crippen LogP contribution >= 0.6 is 15.9 Å². The predicted octanol–water partition coefficient (Wildman–Crippen LogP) is 5.26. The van der Waals surface area contributed by atoms with E-state index >= 15 is 0 Å². The van der Waals surface area contributed by atoms with E-state index in [4.69, 9.17) is 8.92 Å². The molecule has 12 heteroatoms. The number of rotatable bonds is 10. The van der Waals surface area contributed by atoms with Gasteiger partial charge in [0, 0.05) is 36.4 Å². The van der Waals surface area contributed by atoms with E-state index in [0.29, 0.717) is 5.56 Å². The third kappa shape index (κ3) is 6.16. The van der Waals surface area contributed by atoms with Crippen LogP contribution in [0.2, 0.25) is 0 Å². The van der Waals surface area contributed by atoms with Crippen molar-refractivity contribution in [2.45, 2.75) is 59.2 Å². The van der Waals surface area contributed by atoms with Crippen LogP contribution in [0.15, 0.2) is 48.5 Å². The number of aromatic nitrogens is 3. The number of fused-ring (bicyclic) bond motifs is 2. The SMILES string of the molecule is CCOC(=O)CC(c1ccc(C)c(CN2Cc3cc(O)ccc3OS2(=O)=O)c1)c1ccc2c(nnn2CCCBr)c1C. The monoisotopic (exact) mass is 656 g/mol. The molecule has 1 atom stereocenters. The Hall–Kier alpha value is -3.48. The topological polar surface area (TPSA) is 124 Å². The third-order valence-electron chi connectivity index (χ3n) is 7.56. The quantitative estimate of drug-likeness (QED) is 0.181. The van der Waals surface area contributed by atoms with Gasteiger partial charge in [0.2, 0.25) is 0 Å². The van der Waals surface area contributed by atoms with Crippen LogP contribution in [-0.2, 0) is 39.5 Å². The molecule has 1 aliphatic rings. The van der Waals surface area contributed by atoms with Crippen LogP contribution in [0.25, 0.3) is 11.0 Å². The molecule has 2 heterocycles. The van der Waals surface area contributed by atoms with Crippen molar-refractivity contribution in [2.24, 2.45) is 0 Å². The summed E-state index contributed by atoms with van der Waals surface area (Å²) in [6.07, 6.45) is 1.03. The summed E-state index contributed by atoms with van der Waals surface area (Å²) in [5.74, 6) is -0.438. The maximum atomic E-state index is 13.0. The first-order valence-corrected chi connectivity index (χ1v) is 16.2. The van der Waals surface area contributed by atoms with Gasteiger partial charge in [-0.3, -0.25) is 4.79 Å². The van der Waals surface area contributed by atoms with Gasteiger partial charge in [-0.2, -0.15) is 12.7 Å². The van der Waals surface area contributed by atoms with E-state index in [-0.39, 0.29) is 49.5 Å². The summed E-state index contributed by atoms with van der Waals surface area (Å²) in [6.45, 7) is 6.80. The van der Waals surface area contributed by atoms with Crippen LogP contribution in [0, 0.1) is 13.8 Å². The van der Waals surface area contributed by atoms with Gasteiger partial charge in [0.05, 0.1) is 18.5 Å². The number of hydrogen-bond acceptors (Lipinski definition) is 8. The van der Waals surface area contributed by atoms with E-state index in [9.17, 15) is 18.3 Å². The van der Waals surface area contributed by atoms with Gasteiger partial charge in [-0.1, -0.05) is 45.4 Å². The smallest absolute Gasteiger partial charge is 0.385 e. The van der Waals surface area contributed by atoms with Gasteiger partial charge < -0.3 is 14.0 Å². The van der Waals surface area contributed by atoms with Crippen LogP contribution < -0.4 is 4.18 Å². The molecule has 1 N–H and O–H groups in total. The number of phenols is 1. The lowest BCUT2D eigenvalue weighted by atomic mass is 9.84. The van der Waals surface area contributed by atoms with Crippen molar-refractivity contribution in [3.05, 3.63) is 81.9 Å². The number of ether oxygens (including phenoxy) is 1. The highest BCUT2D eigenvalue weighted by molar-refractivity contribution is 9.09. The number of carbonyl (C=O) groups is 1. The van der Waals surface area contributed by atoms with Gasteiger partial charge in [0.1, 0.15) is 17.0 Å². The number of alkyl halides is 1. The van der Waals surface area contributed by atoms with E-state index in [0.717, 1.165) is 57.1 Å². The zero-order chi connectivity index (χ0) is 30.0. The first-order chi connectivity index (χ1) is 20.1. The molecule has 1 aromatic heterocycles. The lowest BCUT2D eigenvalue weighted by molar-refractivity contribution is -0.143. The Balaban J connectivity index is 1.52. The first-order valence-electron chi connectivity index (χ1n) is 13.8. The molecule has 222 valence electrons. The van der Waals surface area contributed by atoms with Gasteiger partial charge in [0.15, 0.2) is 0 Å².